The highest BCUT2D eigenvalue weighted by Crippen LogP contribution is 2.32. The van der Waals surface area contributed by atoms with Crippen LogP contribution in [0, 0.1) is 17.2 Å². The molecule has 0 saturated heterocycles. The molecule has 110 valence electrons. The van der Waals surface area contributed by atoms with Crippen LogP contribution in [-0.2, 0) is 22.6 Å². The molecule has 0 spiro atoms. The minimum Gasteiger partial charge on any atom is -0.242 e. The second-order valence-electron chi connectivity index (χ2n) is 5.93. The normalized spacial score (nSPS) is 28.5. The number of nitrogens with zero attached hydrogens (tertiary/aromatic N) is 1. The largest absolute Gasteiger partial charge is 0.335 e. The molecule has 0 bridgehead atoms. The Kier molecular flexibility index (Phi) is 7.64. The van der Waals surface area contributed by atoms with Crippen LogP contribution in [0.1, 0.15) is 53.4 Å². The van der Waals surface area contributed by atoms with Gasteiger partial charge in [-0.2, -0.15) is 13.7 Å². The standard InChI is InChI=1S/C12H22N2OS.O2S/c1-10-5-7-12(9-13,8-6-10)14-16(15)11(2,3)4;1-3-2/h10,14H,5-8H2,1-4H3;/t10?,12?,16-;/m0./s1. The molecule has 1 aliphatic rings. The fourth-order valence-electron chi connectivity index (χ4n) is 1.82. The van der Waals surface area contributed by atoms with Gasteiger partial charge in [-0.15, -0.1) is 0 Å². The number of hydrogen-bond donors (Lipinski definition) is 1. The van der Waals surface area contributed by atoms with Gasteiger partial charge in [-0.05, 0) is 52.4 Å². The highest BCUT2D eigenvalue weighted by atomic mass is 32.2. The summed E-state index contributed by atoms with van der Waals surface area (Å²) in [6.07, 6.45) is 3.71. The maximum Gasteiger partial charge on any atom is 0.335 e. The van der Waals surface area contributed by atoms with E-state index in [4.69, 9.17) is 8.42 Å². The predicted octanol–water partition coefficient (Wildman–Crippen LogP) is 1.84. The van der Waals surface area contributed by atoms with E-state index in [-0.39, 0.29) is 4.75 Å². The topological polar surface area (TPSA) is 87.0 Å². The monoisotopic (exact) mass is 306 g/mol. The van der Waals surface area contributed by atoms with Crippen molar-refractivity contribution >= 4 is 22.6 Å². The van der Waals surface area contributed by atoms with Gasteiger partial charge in [0.25, 0.3) is 0 Å². The summed E-state index contributed by atoms with van der Waals surface area (Å²) in [6, 6.07) is 2.34. The van der Waals surface area contributed by atoms with Crippen molar-refractivity contribution in [3.8, 4) is 6.07 Å². The summed E-state index contributed by atoms with van der Waals surface area (Å²) in [5.74, 6) is 0.686. The van der Waals surface area contributed by atoms with Crippen molar-refractivity contribution in [2.24, 2.45) is 5.92 Å². The van der Waals surface area contributed by atoms with Crippen LogP contribution in [0.5, 0.6) is 0 Å². The molecule has 0 aromatic rings. The number of rotatable bonds is 2. The van der Waals surface area contributed by atoms with E-state index in [0.29, 0.717) is 5.92 Å². The van der Waals surface area contributed by atoms with Crippen LogP contribution < -0.4 is 4.72 Å². The first-order valence-electron chi connectivity index (χ1n) is 6.23. The lowest BCUT2D eigenvalue weighted by atomic mass is 9.79. The molecule has 0 unspecified atom stereocenters. The van der Waals surface area contributed by atoms with Crippen LogP contribution in [0.3, 0.4) is 0 Å². The van der Waals surface area contributed by atoms with Crippen molar-refractivity contribution in [1.29, 1.82) is 5.26 Å². The molecule has 1 fully saturated rings. The molecule has 1 atom stereocenters. The molecule has 0 aliphatic heterocycles. The fraction of sp³-hybridized carbons (Fsp3) is 0.917. The Morgan fingerprint density at radius 3 is 2.05 bits per heavy atom. The third kappa shape index (κ3) is 6.41. The molecule has 0 radical (unpaired) electrons. The van der Waals surface area contributed by atoms with Crippen molar-refractivity contribution in [3.63, 3.8) is 0 Å². The summed E-state index contributed by atoms with van der Waals surface area (Å²) >= 11 is -0.750. The molecular weight excluding hydrogens is 284 g/mol. The van der Waals surface area contributed by atoms with Crippen molar-refractivity contribution in [1.82, 2.24) is 4.72 Å². The fourth-order valence-corrected chi connectivity index (χ4v) is 2.73. The van der Waals surface area contributed by atoms with Crippen molar-refractivity contribution < 1.29 is 12.6 Å². The second-order valence-corrected chi connectivity index (χ2v) is 8.03. The Bertz CT molecular complexity index is 385. The molecule has 5 nitrogen and oxygen atoms in total. The van der Waals surface area contributed by atoms with Crippen molar-refractivity contribution in [3.05, 3.63) is 0 Å². The van der Waals surface area contributed by atoms with Crippen LogP contribution in [0.2, 0.25) is 0 Å². The summed E-state index contributed by atoms with van der Waals surface area (Å²) in [6.45, 7) is 7.98. The Morgan fingerprint density at radius 1 is 1.32 bits per heavy atom. The molecule has 0 amide bonds. The third-order valence-electron chi connectivity index (χ3n) is 3.19. The smallest absolute Gasteiger partial charge is 0.242 e. The summed E-state index contributed by atoms with van der Waals surface area (Å²) in [4.78, 5) is 0. The molecule has 1 aliphatic carbocycles. The number of nitrogens with one attached hydrogen (secondary N) is 1. The third-order valence-corrected chi connectivity index (χ3v) is 4.87. The van der Waals surface area contributed by atoms with E-state index in [1.165, 1.54) is 0 Å². The Labute approximate surface area is 121 Å². The zero-order chi connectivity index (χ0) is 15.1. The number of hydrogen-bond acceptors (Lipinski definition) is 4. The van der Waals surface area contributed by atoms with Gasteiger partial charge in [-0.1, -0.05) is 6.92 Å². The lowest BCUT2D eigenvalue weighted by molar-refractivity contribution is 0.279. The van der Waals surface area contributed by atoms with Gasteiger partial charge in [-0.3, -0.25) is 0 Å². The molecule has 1 N–H and O–H groups in total. The predicted molar refractivity (Wildman–Crippen MR) is 75.9 cm³/mol. The van der Waals surface area contributed by atoms with Gasteiger partial charge >= 0.3 is 11.6 Å². The zero-order valence-corrected chi connectivity index (χ0v) is 13.5. The van der Waals surface area contributed by atoms with Gasteiger partial charge in [0.15, 0.2) is 0 Å². The first-order chi connectivity index (χ1) is 8.70. The summed E-state index contributed by atoms with van der Waals surface area (Å²) in [5.41, 5.74) is -0.565. The molecule has 1 rings (SSSR count). The van der Waals surface area contributed by atoms with Crippen LogP contribution >= 0.6 is 0 Å². The Morgan fingerprint density at radius 2 is 1.74 bits per heavy atom. The average Bonchev–Trinajstić information content (AvgIpc) is 2.32. The lowest BCUT2D eigenvalue weighted by Crippen LogP contribution is -2.51. The van der Waals surface area contributed by atoms with Gasteiger partial charge in [-0.25, -0.2) is 8.93 Å². The highest BCUT2D eigenvalue weighted by molar-refractivity contribution is 7.84. The van der Waals surface area contributed by atoms with Crippen LogP contribution in [0.15, 0.2) is 0 Å². The molecular formula is C12H22N2O3S2. The molecule has 7 heteroatoms. The second kappa shape index (κ2) is 7.88. The van der Waals surface area contributed by atoms with Gasteiger partial charge in [0.1, 0.15) is 5.54 Å². The van der Waals surface area contributed by atoms with E-state index in [1.54, 1.807) is 0 Å². The van der Waals surface area contributed by atoms with Crippen molar-refractivity contribution in [2.75, 3.05) is 0 Å². The van der Waals surface area contributed by atoms with E-state index in [0.717, 1.165) is 25.7 Å². The Balaban J connectivity index is 0.000000982. The van der Waals surface area contributed by atoms with E-state index in [1.807, 2.05) is 20.8 Å². The van der Waals surface area contributed by atoms with E-state index in [2.05, 4.69) is 17.7 Å². The molecule has 0 heterocycles. The van der Waals surface area contributed by atoms with Crippen LogP contribution in [0.4, 0.5) is 0 Å². The van der Waals surface area contributed by atoms with Gasteiger partial charge in [0.05, 0.1) is 21.8 Å². The molecule has 19 heavy (non-hydrogen) atoms. The quantitative estimate of drug-likeness (QED) is 0.843. The number of nitriles is 1. The van der Waals surface area contributed by atoms with Crippen LogP contribution in [-0.4, -0.2) is 22.9 Å². The maximum atomic E-state index is 12.0. The van der Waals surface area contributed by atoms with Gasteiger partial charge in [0, 0.05) is 0 Å². The Hall–Kier alpha value is -0.580. The first-order valence-corrected chi connectivity index (χ1v) is 8.05. The SMILES string of the molecule is CC1CCC(C#N)(N[S@@](=O)C(C)(C)C)CC1.O=S=O. The van der Waals surface area contributed by atoms with E-state index in [9.17, 15) is 9.47 Å². The summed E-state index contributed by atoms with van der Waals surface area (Å²) in [5, 5.41) is 9.30. The molecule has 1 saturated carbocycles. The lowest BCUT2D eigenvalue weighted by Gasteiger charge is -2.35. The van der Waals surface area contributed by atoms with Gasteiger partial charge < -0.3 is 0 Å². The van der Waals surface area contributed by atoms with E-state index < -0.39 is 28.1 Å². The minimum atomic E-state index is -1.16. The maximum absolute atomic E-state index is 12.0. The average molecular weight is 306 g/mol. The van der Waals surface area contributed by atoms with Gasteiger partial charge in [0.2, 0.25) is 0 Å². The summed E-state index contributed by atoms with van der Waals surface area (Å²) in [7, 11) is -1.16. The van der Waals surface area contributed by atoms with E-state index >= 15 is 0 Å². The zero-order valence-electron chi connectivity index (χ0n) is 11.9. The van der Waals surface area contributed by atoms with Crippen molar-refractivity contribution in [2.45, 2.75) is 63.7 Å². The highest BCUT2D eigenvalue weighted by Gasteiger charge is 2.37. The summed E-state index contributed by atoms with van der Waals surface area (Å²) < 4.78 is 31.4. The minimum absolute atomic E-state index is 0.313. The molecule has 0 aromatic heterocycles. The first kappa shape index (κ1) is 18.4. The van der Waals surface area contributed by atoms with Crippen LogP contribution in [0.25, 0.3) is 0 Å². The molecule has 0 aromatic carbocycles.